The van der Waals surface area contributed by atoms with E-state index in [1.54, 1.807) is 43.3 Å². The number of oxime groups is 1. The number of aromatic nitrogens is 1. The number of amidine groups is 1. The number of nitrogen functional groups attached to an aromatic ring is 1. The van der Waals surface area contributed by atoms with Crippen LogP contribution in [0.5, 0.6) is 5.75 Å². The Hall–Kier alpha value is -4.37. The number of nitrogens with one attached hydrogen (secondary N) is 2. The number of nitrogens with zero attached hydrogens (tertiary/aromatic N) is 5. The average Bonchev–Trinajstić information content (AvgIpc) is 3.64. The zero-order chi connectivity index (χ0) is 33.8. The van der Waals surface area contributed by atoms with Crippen molar-refractivity contribution in [1.82, 2.24) is 25.6 Å². The van der Waals surface area contributed by atoms with Gasteiger partial charge in [-0.3, -0.25) is 23.9 Å². The number of thiazole rings is 1. The Labute approximate surface area is 268 Å². The lowest BCUT2D eigenvalue weighted by Gasteiger charge is -2.50. The van der Waals surface area contributed by atoms with Gasteiger partial charge in [-0.1, -0.05) is 5.16 Å². The zero-order valence-electron chi connectivity index (χ0n) is 25.4. The van der Waals surface area contributed by atoms with E-state index in [-0.39, 0.29) is 47.7 Å². The highest BCUT2D eigenvalue weighted by atomic mass is 32.3. The fraction of sp³-hybridized carbons (Fsp3) is 0.462. The van der Waals surface area contributed by atoms with Gasteiger partial charge in [0.05, 0.1) is 17.6 Å². The van der Waals surface area contributed by atoms with Gasteiger partial charge < -0.3 is 36.6 Å². The van der Waals surface area contributed by atoms with Crippen LogP contribution in [0, 0.1) is 0 Å². The minimum absolute atomic E-state index is 0.00273. The van der Waals surface area contributed by atoms with Crippen LogP contribution in [0.1, 0.15) is 31.5 Å². The summed E-state index contributed by atoms with van der Waals surface area (Å²) < 4.78 is 41.0. The van der Waals surface area contributed by atoms with Gasteiger partial charge in [-0.2, -0.15) is 13.5 Å². The van der Waals surface area contributed by atoms with Crippen LogP contribution >= 0.6 is 11.3 Å². The van der Waals surface area contributed by atoms with E-state index < -0.39 is 33.8 Å². The number of rotatable bonds is 13. The van der Waals surface area contributed by atoms with Crippen LogP contribution in [-0.4, -0.2) is 115 Å². The van der Waals surface area contributed by atoms with Gasteiger partial charge >= 0.3 is 10.4 Å². The van der Waals surface area contributed by atoms with Gasteiger partial charge in [-0.05, 0) is 44.5 Å². The topological polar surface area (TPSA) is 253 Å². The molecular weight excluding hydrogens is 646 g/mol. The van der Waals surface area contributed by atoms with Crippen molar-refractivity contribution >= 4 is 56.1 Å². The molecule has 3 atom stereocenters. The fourth-order valence-corrected chi connectivity index (χ4v) is 5.64. The minimum Gasteiger partial charge on any atom is -0.490 e. The molecule has 0 unspecified atom stereocenters. The highest BCUT2D eigenvalue weighted by molar-refractivity contribution is 7.80. The standard InChI is InChI=1S/C26H35N9O9S2/c1-26(2)20(24(38)35(26)44-46(39,40)41)32-22(36)19(18-13-45-25(28)31-18)33-43-10-9-42-16-7-5-14(6-8-16)21(27)30-15-11-17(29-12-15)23(37)34(3)4/h5-8,13,15,17,20,29H,9-12H2,1-4H3,(H2,27,30)(H2,28,31)(H,32,36)(H,39,40,41)/t15-,17-,20+/m0/s1. The molecule has 2 aliphatic rings. The first-order chi connectivity index (χ1) is 21.6. The molecule has 1 aromatic carbocycles. The molecule has 7 N–H and O–H groups in total. The quantitative estimate of drug-likeness (QED) is 0.0420. The summed E-state index contributed by atoms with van der Waals surface area (Å²) in [5.74, 6) is -0.921. The Balaban J connectivity index is 1.30. The normalized spacial score (nSPS) is 21.5. The summed E-state index contributed by atoms with van der Waals surface area (Å²) in [5, 5.41) is 11.5. The second kappa shape index (κ2) is 14.0. The van der Waals surface area contributed by atoms with Crippen LogP contribution in [-0.2, 0) is 33.9 Å². The van der Waals surface area contributed by atoms with Gasteiger partial charge in [-0.25, -0.2) is 4.98 Å². The van der Waals surface area contributed by atoms with Crippen LogP contribution in [0.15, 0.2) is 39.8 Å². The van der Waals surface area contributed by atoms with Crippen LogP contribution < -0.4 is 26.8 Å². The number of nitrogens with two attached hydrogens (primary N) is 2. The molecule has 2 saturated heterocycles. The second-order valence-electron chi connectivity index (χ2n) is 11.0. The van der Waals surface area contributed by atoms with Crippen LogP contribution in [0.4, 0.5) is 5.13 Å². The number of likely N-dealkylation sites (N-methyl/N-ethyl adjacent to an activating group) is 1. The van der Waals surface area contributed by atoms with Gasteiger partial charge in [0.15, 0.2) is 17.5 Å². The number of aliphatic imine (C=N–C) groups is 1. The van der Waals surface area contributed by atoms with Crippen LogP contribution in [0.25, 0.3) is 0 Å². The van der Waals surface area contributed by atoms with Crippen LogP contribution in [0.3, 0.4) is 0 Å². The predicted molar refractivity (Wildman–Crippen MR) is 166 cm³/mol. The summed E-state index contributed by atoms with van der Waals surface area (Å²) in [7, 11) is -1.54. The maximum Gasteiger partial charge on any atom is 0.418 e. The van der Waals surface area contributed by atoms with Crippen molar-refractivity contribution in [1.29, 1.82) is 0 Å². The van der Waals surface area contributed by atoms with Crippen molar-refractivity contribution in [3.63, 3.8) is 0 Å². The van der Waals surface area contributed by atoms with Crippen molar-refractivity contribution < 1.29 is 41.2 Å². The molecule has 2 fully saturated rings. The first kappa shape index (κ1) is 34.5. The van der Waals surface area contributed by atoms with Gasteiger partial charge in [-0.15, -0.1) is 15.6 Å². The van der Waals surface area contributed by atoms with E-state index in [4.69, 9.17) is 25.6 Å². The van der Waals surface area contributed by atoms with E-state index in [0.717, 1.165) is 11.3 Å². The predicted octanol–water partition coefficient (Wildman–Crippen LogP) is -1.11. The number of benzene rings is 1. The smallest absolute Gasteiger partial charge is 0.418 e. The molecule has 20 heteroatoms. The van der Waals surface area contributed by atoms with Gasteiger partial charge in [0, 0.05) is 31.6 Å². The number of β-lactam (4-membered cyclic amide) rings is 1. The third kappa shape index (κ3) is 8.26. The molecule has 0 bridgehead atoms. The largest absolute Gasteiger partial charge is 0.490 e. The summed E-state index contributed by atoms with van der Waals surface area (Å²) in [4.78, 5) is 53.1. The first-order valence-electron chi connectivity index (χ1n) is 13.8. The lowest BCUT2D eigenvalue weighted by atomic mass is 9.84. The zero-order valence-corrected chi connectivity index (χ0v) is 27.0. The maximum atomic E-state index is 13.1. The number of amides is 3. The lowest BCUT2D eigenvalue weighted by Crippen LogP contribution is -2.76. The molecule has 0 aliphatic carbocycles. The van der Waals surface area contributed by atoms with Crippen molar-refractivity contribution in [2.45, 2.75) is 43.9 Å². The maximum absolute atomic E-state index is 13.1. The third-order valence-electron chi connectivity index (χ3n) is 7.02. The van der Waals surface area contributed by atoms with Crippen LogP contribution in [0.2, 0.25) is 0 Å². The molecule has 18 nitrogen and oxygen atoms in total. The van der Waals surface area contributed by atoms with Crippen molar-refractivity contribution in [2.24, 2.45) is 15.9 Å². The summed E-state index contributed by atoms with van der Waals surface area (Å²) in [6.45, 7) is 3.36. The molecule has 46 heavy (non-hydrogen) atoms. The SMILES string of the molecule is CN(C)C(=O)[C@@H]1C[C@H](N=C(N)c2ccc(OCCON=C(C(=O)N[C@@H]3C(=O)N(OS(=O)(=O)O)C3(C)C)c3csc(N)n3)cc2)CN1. The third-order valence-corrected chi connectivity index (χ3v) is 8.03. The number of carbonyl (C=O) groups is 3. The van der Waals surface area contributed by atoms with E-state index in [0.29, 0.717) is 35.2 Å². The number of hydroxylamine groups is 2. The molecule has 0 radical (unpaired) electrons. The minimum atomic E-state index is -4.96. The molecule has 3 heterocycles. The molecule has 0 spiro atoms. The highest BCUT2D eigenvalue weighted by Gasteiger charge is 2.58. The molecule has 1 aromatic heterocycles. The molecule has 3 amide bonds. The number of hydrogen-bond donors (Lipinski definition) is 5. The number of ether oxygens (including phenoxy) is 1. The van der Waals surface area contributed by atoms with Crippen molar-refractivity contribution in [2.75, 3.05) is 39.6 Å². The van der Waals surface area contributed by atoms with E-state index in [1.165, 1.54) is 19.2 Å². The van der Waals surface area contributed by atoms with E-state index in [2.05, 4.69) is 30.0 Å². The molecule has 2 aromatic rings. The second-order valence-corrected chi connectivity index (χ2v) is 12.9. The monoisotopic (exact) mass is 681 g/mol. The molecule has 250 valence electrons. The Bertz CT molecular complexity index is 1620. The summed E-state index contributed by atoms with van der Waals surface area (Å²) in [5.41, 5.74) is 11.0. The fourth-order valence-electron chi connectivity index (χ4n) is 4.64. The Morgan fingerprint density at radius 2 is 1.96 bits per heavy atom. The average molecular weight is 682 g/mol. The Kier molecular flexibility index (Phi) is 10.5. The molecule has 4 rings (SSSR count). The van der Waals surface area contributed by atoms with E-state index >= 15 is 0 Å². The van der Waals surface area contributed by atoms with Crippen molar-refractivity contribution in [3.8, 4) is 5.75 Å². The van der Waals surface area contributed by atoms with Gasteiger partial charge in [0.25, 0.3) is 11.8 Å². The van der Waals surface area contributed by atoms with Crippen molar-refractivity contribution in [3.05, 3.63) is 40.9 Å². The van der Waals surface area contributed by atoms with Gasteiger partial charge in [0.2, 0.25) is 5.91 Å². The first-order valence-corrected chi connectivity index (χ1v) is 16.1. The number of anilines is 1. The summed E-state index contributed by atoms with van der Waals surface area (Å²) >= 11 is 1.05. The number of hydrogen-bond acceptors (Lipinski definition) is 14. The molecule has 0 saturated carbocycles. The summed E-state index contributed by atoms with van der Waals surface area (Å²) in [6, 6.07) is 5.28. The Morgan fingerprint density at radius 1 is 1.26 bits per heavy atom. The molecular formula is C26H35N9O9S2. The van der Waals surface area contributed by atoms with E-state index in [9.17, 15) is 22.8 Å². The summed E-state index contributed by atoms with van der Waals surface area (Å²) in [6.07, 6.45) is 0.557. The van der Waals surface area contributed by atoms with Gasteiger partial charge in [0.1, 0.15) is 29.9 Å². The van der Waals surface area contributed by atoms with E-state index in [1.807, 2.05) is 0 Å². The Morgan fingerprint density at radius 3 is 2.54 bits per heavy atom. The lowest BCUT2D eigenvalue weighted by molar-refractivity contribution is -0.218. The molecule has 2 aliphatic heterocycles. The number of carbonyl (C=O) groups excluding carboxylic acids is 3. The highest BCUT2D eigenvalue weighted by Crippen LogP contribution is 2.33.